The molecule has 0 radical (unpaired) electrons. The van der Waals surface area contributed by atoms with Crippen molar-refractivity contribution in [1.82, 2.24) is 15.0 Å². The minimum atomic E-state index is 0.681. The summed E-state index contributed by atoms with van der Waals surface area (Å²) in [4.78, 5) is 17.1. The number of hydrogen-bond donors (Lipinski definition) is 0. The van der Waals surface area contributed by atoms with Crippen LogP contribution in [0.4, 0.5) is 0 Å². The summed E-state index contributed by atoms with van der Waals surface area (Å²) in [6, 6.07) is 79.1. The van der Waals surface area contributed by atoms with Crippen LogP contribution in [0.15, 0.2) is 224 Å². The molecule has 0 N–H and O–H groups in total. The SMILES string of the molecule is c1ccc(-c2ccc(-c3cc(-c4cccc(-c5c(-c6ccccc6)sc6c(-c7ccccc7)nc7ccccc7c56)c4)nc(-c4ccc(-c5ccccc5)cc4)n3)cc2)cc1. The number of fused-ring (bicyclic) bond motifs is 3. The summed E-state index contributed by atoms with van der Waals surface area (Å²) in [5, 5.41) is 2.35. The quantitative estimate of drug-likeness (QED) is 0.154. The molecule has 61 heavy (non-hydrogen) atoms. The van der Waals surface area contributed by atoms with Crippen molar-refractivity contribution in [2.24, 2.45) is 0 Å². The molecule has 3 nitrogen and oxygen atoms in total. The topological polar surface area (TPSA) is 38.7 Å². The normalized spacial score (nSPS) is 11.3. The fourth-order valence-corrected chi connectivity index (χ4v) is 9.64. The Hall–Kier alpha value is -7.79. The summed E-state index contributed by atoms with van der Waals surface area (Å²) in [6.07, 6.45) is 0. The number of nitrogens with zero attached hydrogens (tertiary/aromatic N) is 3. The molecule has 3 heterocycles. The summed E-state index contributed by atoms with van der Waals surface area (Å²) in [5.74, 6) is 0.681. The van der Waals surface area contributed by atoms with Crippen LogP contribution in [0.1, 0.15) is 0 Å². The van der Waals surface area contributed by atoms with Gasteiger partial charge in [-0.3, -0.25) is 0 Å². The third-order valence-electron chi connectivity index (χ3n) is 11.3. The standard InChI is InChI=1S/C57H37N3S/c1-5-16-38(17-6-1)40-28-32-42(33-29-40)50-37-51(60-57(59-50)45-34-30-41(31-35-45)39-18-7-2-8-19-39)46-24-15-25-47(36-46)52-53-48-26-13-14-27-49(48)58-54(43-20-9-3-10-21-43)56(53)61-55(52)44-22-11-4-12-23-44/h1-37H. The summed E-state index contributed by atoms with van der Waals surface area (Å²) < 4.78 is 1.17. The number of para-hydroxylation sites is 1. The van der Waals surface area contributed by atoms with Crippen molar-refractivity contribution in [2.45, 2.75) is 0 Å². The van der Waals surface area contributed by atoms with Gasteiger partial charge in [-0.25, -0.2) is 15.0 Å². The maximum atomic E-state index is 5.32. The molecular weight excluding hydrogens is 759 g/mol. The van der Waals surface area contributed by atoms with Gasteiger partial charge >= 0.3 is 0 Å². The molecule has 0 aliphatic carbocycles. The van der Waals surface area contributed by atoms with Gasteiger partial charge in [0.05, 0.1) is 27.3 Å². The molecule has 286 valence electrons. The number of rotatable bonds is 8. The Balaban J connectivity index is 1.10. The lowest BCUT2D eigenvalue weighted by Gasteiger charge is -2.13. The molecule has 0 atom stereocenters. The Morgan fingerprint density at radius 2 is 0.770 bits per heavy atom. The maximum Gasteiger partial charge on any atom is 0.160 e. The van der Waals surface area contributed by atoms with E-state index in [0.717, 1.165) is 61.4 Å². The van der Waals surface area contributed by atoms with E-state index in [1.807, 2.05) is 23.5 Å². The monoisotopic (exact) mass is 795 g/mol. The zero-order valence-corrected chi connectivity index (χ0v) is 33.9. The molecule has 0 unspecified atom stereocenters. The zero-order chi connectivity index (χ0) is 40.5. The third-order valence-corrected chi connectivity index (χ3v) is 12.6. The second kappa shape index (κ2) is 15.8. The first kappa shape index (κ1) is 36.3. The van der Waals surface area contributed by atoms with Gasteiger partial charge in [0.15, 0.2) is 5.82 Å². The Morgan fingerprint density at radius 1 is 0.311 bits per heavy atom. The molecule has 0 aliphatic rings. The van der Waals surface area contributed by atoms with Gasteiger partial charge in [-0.2, -0.15) is 0 Å². The first-order chi connectivity index (χ1) is 30.2. The second-order valence-electron chi connectivity index (χ2n) is 15.1. The third kappa shape index (κ3) is 6.99. The summed E-state index contributed by atoms with van der Waals surface area (Å²) in [5.41, 5.74) is 16.0. The molecule has 8 aromatic carbocycles. The minimum absolute atomic E-state index is 0.681. The number of aromatic nitrogens is 3. The summed E-state index contributed by atoms with van der Waals surface area (Å²) in [7, 11) is 0. The second-order valence-corrected chi connectivity index (χ2v) is 16.2. The van der Waals surface area contributed by atoms with E-state index in [0.29, 0.717) is 5.82 Å². The minimum Gasteiger partial charge on any atom is -0.246 e. The number of thiophene rings is 1. The molecule has 0 aliphatic heterocycles. The Kier molecular flexibility index (Phi) is 9.38. The van der Waals surface area contributed by atoms with Crippen molar-refractivity contribution in [3.05, 3.63) is 224 Å². The van der Waals surface area contributed by atoms with Crippen LogP contribution >= 0.6 is 11.3 Å². The van der Waals surface area contributed by atoms with Crippen LogP contribution < -0.4 is 0 Å². The summed E-state index contributed by atoms with van der Waals surface area (Å²) in [6.45, 7) is 0. The maximum absolute atomic E-state index is 5.32. The molecule has 0 spiro atoms. The van der Waals surface area contributed by atoms with Gasteiger partial charge in [0, 0.05) is 43.5 Å². The highest BCUT2D eigenvalue weighted by Crippen LogP contribution is 2.50. The van der Waals surface area contributed by atoms with Crippen LogP contribution in [0.2, 0.25) is 0 Å². The van der Waals surface area contributed by atoms with Gasteiger partial charge in [0.25, 0.3) is 0 Å². The van der Waals surface area contributed by atoms with Crippen molar-refractivity contribution in [3.63, 3.8) is 0 Å². The van der Waals surface area contributed by atoms with Gasteiger partial charge < -0.3 is 0 Å². The van der Waals surface area contributed by atoms with E-state index in [9.17, 15) is 0 Å². The highest BCUT2D eigenvalue weighted by molar-refractivity contribution is 7.23. The van der Waals surface area contributed by atoms with E-state index in [4.69, 9.17) is 15.0 Å². The van der Waals surface area contributed by atoms with Gasteiger partial charge in [-0.15, -0.1) is 11.3 Å². The lowest BCUT2D eigenvalue weighted by molar-refractivity contribution is 1.18. The van der Waals surface area contributed by atoms with Gasteiger partial charge in [0.2, 0.25) is 0 Å². The van der Waals surface area contributed by atoms with Crippen molar-refractivity contribution >= 4 is 32.3 Å². The van der Waals surface area contributed by atoms with E-state index in [2.05, 4.69) is 212 Å². The van der Waals surface area contributed by atoms with Crippen LogP contribution in [-0.4, -0.2) is 15.0 Å². The Bertz CT molecular complexity index is 3210. The highest BCUT2D eigenvalue weighted by Gasteiger charge is 2.23. The summed E-state index contributed by atoms with van der Waals surface area (Å²) >= 11 is 1.82. The lowest BCUT2D eigenvalue weighted by Crippen LogP contribution is -1.96. The molecule has 0 saturated heterocycles. The van der Waals surface area contributed by atoms with E-state index >= 15 is 0 Å². The number of benzene rings is 8. The van der Waals surface area contributed by atoms with E-state index < -0.39 is 0 Å². The predicted octanol–water partition coefficient (Wildman–Crippen LogP) is 15.6. The first-order valence-corrected chi connectivity index (χ1v) is 21.3. The molecule has 11 aromatic rings. The van der Waals surface area contributed by atoms with E-state index in [-0.39, 0.29) is 0 Å². The average molecular weight is 796 g/mol. The molecule has 0 saturated carbocycles. The molecule has 4 heteroatoms. The van der Waals surface area contributed by atoms with Crippen LogP contribution in [0.5, 0.6) is 0 Å². The van der Waals surface area contributed by atoms with Crippen molar-refractivity contribution < 1.29 is 0 Å². The van der Waals surface area contributed by atoms with Gasteiger partial charge in [-0.05, 0) is 51.6 Å². The predicted molar refractivity (Wildman–Crippen MR) is 256 cm³/mol. The fraction of sp³-hybridized carbons (Fsp3) is 0. The van der Waals surface area contributed by atoms with E-state index in [1.165, 1.54) is 42.8 Å². The van der Waals surface area contributed by atoms with Gasteiger partial charge in [-0.1, -0.05) is 206 Å². The fourth-order valence-electron chi connectivity index (χ4n) is 8.28. The van der Waals surface area contributed by atoms with Crippen molar-refractivity contribution in [2.75, 3.05) is 0 Å². The van der Waals surface area contributed by atoms with Crippen LogP contribution in [0.25, 0.3) is 110 Å². The largest absolute Gasteiger partial charge is 0.246 e. The van der Waals surface area contributed by atoms with Gasteiger partial charge in [0.1, 0.15) is 0 Å². The van der Waals surface area contributed by atoms with Crippen LogP contribution in [-0.2, 0) is 0 Å². The first-order valence-electron chi connectivity index (χ1n) is 20.5. The number of hydrogen-bond acceptors (Lipinski definition) is 4. The van der Waals surface area contributed by atoms with Crippen LogP contribution in [0.3, 0.4) is 0 Å². The number of pyridine rings is 1. The molecule has 3 aromatic heterocycles. The molecule has 0 bridgehead atoms. The smallest absolute Gasteiger partial charge is 0.160 e. The van der Waals surface area contributed by atoms with Crippen molar-refractivity contribution in [1.29, 1.82) is 0 Å². The highest BCUT2D eigenvalue weighted by atomic mass is 32.1. The van der Waals surface area contributed by atoms with Crippen molar-refractivity contribution in [3.8, 4) is 89.0 Å². The lowest BCUT2D eigenvalue weighted by atomic mass is 9.94. The molecular formula is C57H37N3S. The average Bonchev–Trinajstić information content (AvgIpc) is 3.76. The Morgan fingerprint density at radius 3 is 1.39 bits per heavy atom. The Labute approximate surface area is 359 Å². The molecule has 11 rings (SSSR count). The molecule has 0 amide bonds. The van der Waals surface area contributed by atoms with E-state index in [1.54, 1.807) is 0 Å². The molecule has 0 fully saturated rings. The van der Waals surface area contributed by atoms with Crippen LogP contribution in [0, 0.1) is 0 Å². The zero-order valence-electron chi connectivity index (χ0n) is 33.1.